The number of ether oxygens (including phenoxy) is 1. The normalized spacial score (nSPS) is 18.4. The second kappa shape index (κ2) is 13.4. The Labute approximate surface area is 195 Å². The Balaban J connectivity index is 1.45. The van der Waals surface area contributed by atoms with Crippen molar-refractivity contribution >= 4 is 5.97 Å². The molecule has 174 valence electrons. The SMILES string of the molecule is CCCCCCc1ccc(-c2ccc(OC(=O)C3CCC(CCCCC)CC3)cc2)nc1. The van der Waals surface area contributed by atoms with Crippen LogP contribution in [0.2, 0.25) is 0 Å². The second-order valence-electron chi connectivity index (χ2n) is 9.52. The highest BCUT2D eigenvalue weighted by Crippen LogP contribution is 2.33. The van der Waals surface area contributed by atoms with Gasteiger partial charge in [0.1, 0.15) is 5.75 Å². The first-order valence-corrected chi connectivity index (χ1v) is 13.0. The van der Waals surface area contributed by atoms with Crippen LogP contribution < -0.4 is 4.74 Å². The van der Waals surface area contributed by atoms with E-state index in [9.17, 15) is 4.79 Å². The number of rotatable bonds is 12. The van der Waals surface area contributed by atoms with Crippen molar-refractivity contribution in [1.29, 1.82) is 0 Å². The number of carbonyl (C=O) groups excluding carboxylic acids is 1. The maximum absolute atomic E-state index is 12.6. The van der Waals surface area contributed by atoms with E-state index < -0.39 is 0 Å². The van der Waals surface area contributed by atoms with Gasteiger partial charge in [0, 0.05) is 11.8 Å². The average molecular weight is 436 g/mol. The first kappa shape index (κ1) is 24.5. The van der Waals surface area contributed by atoms with E-state index in [0.717, 1.165) is 36.4 Å². The Hall–Kier alpha value is -2.16. The number of aryl methyl sites for hydroxylation is 1. The maximum atomic E-state index is 12.6. The second-order valence-corrected chi connectivity index (χ2v) is 9.52. The topological polar surface area (TPSA) is 39.2 Å². The maximum Gasteiger partial charge on any atom is 0.314 e. The summed E-state index contributed by atoms with van der Waals surface area (Å²) in [6.07, 6.45) is 17.7. The fourth-order valence-electron chi connectivity index (χ4n) is 4.76. The van der Waals surface area contributed by atoms with E-state index in [1.54, 1.807) is 0 Å². The molecule has 1 aromatic carbocycles. The lowest BCUT2D eigenvalue weighted by Gasteiger charge is -2.27. The molecule has 1 aromatic heterocycles. The van der Waals surface area contributed by atoms with Crippen molar-refractivity contribution in [3.8, 4) is 17.0 Å². The Bertz CT molecular complexity index is 789. The van der Waals surface area contributed by atoms with Crippen molar-refractivity contribution in [3.63, 3.8) is 0 Å². The first-order valence-electron chi connectivity index (χ1n) is 13.0. The van der Waals surface area contributed by atoms with Crippen LogP contribution in [0.15, 0.2) is 42.6 Å². The molecule has 0 bridgehead atoms. The molecule has 1 fully saturated rings. The van der Waals surface area contributed by atoms with E-state index >= 15 is 0 Å². The predicted octanol–water partition coefficient (Wildman–Crippen LogP) is 8.16. The minimum Gasteiger partial charge on any atom is -0.426 e. The minimum atomic E-state index is -0.0599. The number of nitrogens with zero attached hydrogens (tertiary/aromatic N) is 1. The van der Waals surface area contributed by atoms with Crippen LogP contribution in [0.5, 0.6) is 5.75 Å². The molecule has 0 atom stereocenters. The van der Waals surface area contributed by atoms with Crippen LogP contribution >= 0.6 is 0 Å². The van der Waals surface area contributed by atoms with Gasteiger partial charge >= 0.3 is 5.97 Å². The fraction of sp³-hybridized carbons (Fsp3) is 0.586. The quantitative estimate of drug-likeness (QED) is 0.192. The van der Waals surface area contributed by atoms with E-state index in [-0.39, 0.29) is 11.9 Å². The lowest BCUT2D eigenvalue weighted by atomic mass is 9.80. The summed E-state index contributed by atoms with van der Waals surface area (Å²) in [5.41, 5.74) is 3.31. The van der Waals surface area contributed by atoms with Gasteiger partial charge in [0.15, 0.2) is 0 Å². The molecule has 1 heterocycles. The molecule has 0 saturated heterocycles. The number of aromatic nitrogens is 1. The third-order valence-corrected chi connectivity index (χ3v) is 6.91. The summed E-state index contributed by atoms with van der Waals surface area (Å²) in [6, 6.07) is 12.1. The van der Waals surface area contributed by atoms with E-state index in [1.807, 2.05) is 30.5 Å². The predicted molar refractivity (Wildman–Crippen MR) is 133 cm³/mol. The zero-order valence-corrected chi connectivity index (χ0v) is 20.2. The summed E-state index contributed by atoms with van der Waals surface area (Å²) in [5.74, 6) is 1.44. The smallest absolute Gasteiger partial charge is 0.314 e. The number of unbranched alkanes of at least 4 members (excludes halogenated alkanes) is 5. The molecular formula is C29H41NO2. The Morgan fingerprint density at radius 3 is 2.25 bits per heavy atom. The van der Waals surface area contributed by atoms with Crippen molar-refractivity contribution in [2.45, 2.75) is 97.3 Å². The molecule has 1 aliphatic carbocycles. The molecule has 3 rings (SSSR count). The van der Waals surface area contributed by atoms with Crippen molar-refractivity contribution < 1.29 is 9.53 Å². The average Bonchev–Trinajstić information content (AvgIpc) is 2.83. The van der Waals surface area contributed by atoms with Gasteiger partial charge in [0.25, 0.3) is 0 Å². The molecule has 0 N–H and O–H groups in total. The lowest BCUT2D eigenvalue weighted by Crippen LogP contribution is -2.25. The van der Waals surface area contributed by atoms with Gasteiger partial charge in [0.2, 0.25) is 0 Å². The zero-order chi connectivity index (χ0) is 22.6. The Kier molecular flexibility index (Phi) is 10.3. The van der Waals surface area contributed by atoms with Gasteiger partial charge in [-0.2, -0.15) is 0 Å². The van der Waals surface area contributed by atoms with Gasteiger partial charge in [-0.15, -0.1) is 0 Å². The van der Waals surface area contributed by atoms with Crippen molar-refractivity contribution in [2.75, 3.05) is 0 Å². The summed E-state index contributed by atoms with van der Waals surface area (Å²) < 4.78 is 5.70. The minimum absolute atomic E-state index is 0.0589. The van der Waals surface area contributed by atoms with Gasteiger partial charge in [-0.25, -0.2) is 0 Å². The monoisotopic (exact) mass is 435 g/mol. The highest BCUT2D eigenvalue weighted by atomic mass is 16.5. The lowest BCUT2D eigenvalue weighted by molar-refractivity contribution is -0.140. The van der Waals surface area contributed by atoms with Gasteiger partial charge in [-0.05, 0) is 80.3 Å². The number of benzene rings is 1. The van der Waals surface area contributed by atoms with E-state index in [0.29, 0.717) is 5.75 Å². The highest BCUT2D eigenvalue weighted by Gasteiger charge is 2.27. The standard InChI is InChI=1S/C29H41NO2/c1-3-5-7-9-11-24-14-21-28(30-22-24)25-17-19-27(20-18-25)32-29(31)26-15-12-23(13-16-26)10-8-6-4-2/h14,17-23,26H,3-13,15-16H2,1-2H3. The van der Waals surface area contributed by atoms with E-state index in [4.69, 9.17) is 4.74 Å². The number of hydrogen-bond acceptors (Lipinski definition) is 3. The van der Waals surface area contributed by atoms with E-state index in [2.05, 4.69) is 31.0 Å². The highest BCUT2D eigenvalue weighted by molar-refractivity contribution is 5.75. The van der Waals surface area contributed by atoms with Gasteiger partial charge in [-0.1, -0.05) is 64.9 Å². The molecule has 0 spiro atoms. The van der Waals surface area contributed by atoms with Crippen LogP contribution in [-0.4, -0.2) is 11.0 Å². The summed E-state index contributed by atoms with van der Waals surface area (Å²) in [4.78, 5) is 17.3. The molecule has 1 aliphatic rings. The van der Waals surface area contributed by atoms with Gasteiger partial charge in [0.05, 0.1) is 11.6 Å². The largest absolute Gasteiger partial charge is 0.426 e. The number of hydrogen-bond donors (Lipinski definition) is 0. The molecule has 2 aromatic rings. The van der Waals surface area contributed by atoms with Gasteiger partial charge < -0.3 is 4.74 Å². The third-order valence-electron chi connectivity index (χ3n) is 6.91. The van der Waals surface area contributed by atoms with Crippen molar-refractivity contribution in [3.05, 3.63) is 48.2 Å². The molecule has 3 nitrogen and oxygen atoms in total. The summed E-state index contributed by atoms with van der Waals surface area (Å²) in [7, 11) is 0. The summed E-state index contributed by atoms with van der Waals surface area (Å²) in [6.45, 7) is 4.49. The zero-order valence-electron chi connectivity index (χ0n) is 20.2. The van der Waals surface area contributed by atoms with Gasteiger partial charge in [-0.3, -0.25) is 9.78 Å². The Morgan fingerprint density at radius 1 is 0.875 bits per heavy atom. The van der Waals surface area contributed by atoms with Crippen LogP contribution in [0.3, 0.4) is 0 Å². The molecule has 1 saturated carbocycles. The molecule has 0 unspecified atom stereocenters. The van der Waals surface area contributed by atoms with Crippen LogP contribution in [0.25, 0.3) is 11.3 Å². The van der Waals surface area contributed by atoms with Crippen LogP contribution in [-0.2, 0) is 11.2 Å². The van der Waals surface area contributed by atoms with Crippen molar-refractivity contribution in [1.82, 2.24) is 4.98 Å². The third kappa shape index (κ3) is 7.76. The number of esters is 1. The summed E-state index contributed by atoms with van der Waals surface area (Å²) in [5, 5.41) is 0. The van der Waals surface area contributed by atoms with Crippen LogP contribution in [0, 0.1) is 11.8 Å². The first-order chi connectivity index (χ1) is 15.7. The molecule has 0 aliphatic heterocycles. The van der Waals surface area contributed by atoms with Crippen LogP contribution in [0.1, 0.15) is 96.5 Å². The van der Waals surface area contributed by atoms with Crippen LogP contribution in [0.4, 0.5) is 0 Å². The number of carbonyl (C=O) groups is 1. The molecule has 0 radical (unpaired) electrons. The van der Waals surface area contributed by atoms with Crippen molar-refractivity contribution in [2.24, 2.45) is 11.8 Å². The Morgan fingerprint density at radius 2 is 1.59 bits per heavy atom. The number of pyridine rings is 1. The molecule has 3 heteroatoms. The fourth-order valence-corrected chi connectivity index (χ4v) is 4.76. The molecule has 0 amide bonds. The van der Waals surface area contributed by atoms with E-state index in [1.165, 1.54) is 69.8 Å². The molecule has 32 heavy (non-hydrogen) atoms. The molecular weight excluding hydrogens is 394 g/mol. The summed E-state index contributed by atoms with van der Waals surface area (Å²) >= 11 is 0.